The van der Waals surface area contributed by atoms with Gasteiger partial charge in [-0.05, 0) is 6.92 Å². The molecule has 1 aromatic rings. The monoisotopic (exact) mass is 232 g/mol. The smallest absolute Gasteiger partial charge is 0.255 e. The SMILES string of the molecule is CO/N=C/c1c(C)nn(C)c1S(N)(=O)=O. The molecule has 1 aromatic heterocycles. The molecule has 2 N–H and O–H groups in total. The van der Waals surface area contributed by atoms with Crippen LogP contribution in [0.1, 0.15) is 11.3 Å². The number of hydrogen-bond acceptors (Lipinski definition) is 5. The number of rotatable bonds is 3. The van der Waals surface area contributed by atoms with Crippen LogP contribution in [0, 0.1) is 6.92 Å². The number of nitrogens with two attached hydrogens (primary N) is 1. The Balaban J connectivity index is 3.43. The van der Waals surface area contributed by atoms with E-state index in [2.05, 4.69) is 15.1 Å². The summed E-state index contributed by atoms with van der Waals surface area (Å²) >= 11 is 0. The Morgan fingerprint density at radius 3 is 2.67 bits per heavy atom. The third-order valence-electron chi connectivity index (χ3n) is 1.77. The van der Waals surface area contributed by atoms with Gasteiger partial charge in [0.25, 0.3) is 10.0 Å². The summed E-state index contributed by atoms with van der Waals surface area (Å²) in [6.45, 7) is 1.66. The molecule has 0 saturated heterocycles. The van der Waals surface area contributed by atoms with Gasteiger partial charge in [0.1, 0.15) is 7.11 Å². The first kappa shape index (κ1) is 11.7. The molecular weight excluding hydrogens is 220 g/mol. The van der Waals surface area contributed by atoms with Crippen LogP contribution in [-0.4, -0.2) is 31.5 Å². The summed E-state index contributed by atoms with van der Waals surface area (Å²) in [5, 5.41) is 12.4. The second-order valence-corrected chi connectivity index (χ2v) is 4.37. The molecule has 1 rings (SSSR count). The van der Waals surface area contributed by atoms with Gasteiger partial charge in [0.2, 0.25) is 0 Å². The van der Waals surface area contributed by atoms with Crippen LogP contribution in [0.4, 0.5) is 0 Å². The molecule has 0 unspecified atom stereocenters. The average Bonchev–Trinajstić information content (AvgIpc) is 2.36. The Morgan fingerprint density at radius 2 is 2.20 bits per heavy atom. The minimum Gasteiger partial charge on any atom is -0.399 e. The van der Waals surface area contributed by atoms with Gasteiger partial charge in [-0.3, -0.25) is 4.68 Å². The molecule has 15 heavy (non-hydrogen) atoms. The maximum absolute atomic E-state index is 11.3. The van der Waals surface area contributed by atoms with Crippen molar-refractivity contribution in [2.45, 2.75) is 11.9 Å². The highest BCUT2D eigenvalue weighted by Crippen LogP contribution is 2.14. The van der Waals surface area contributed by atoms with Crippen LogP contribution < -0.4 is 5.14 Å². The van der Waals surface area contributed by atoms with Crippen molar-refractivity contribution in [3.8, 4) is 0 Å². The highest BCUT2D eigenvalue weighted by Gasteiger charge is 2.21. The molecule has 0 radical (unpaired) electrons. The molecule has 0 aliphatic heterocycles. The number of sulfonamides is 1. The summed E-state index contributed by atoms with van der Waals surface area (Å²) in [4.78, 5) is 4.47. The number of hydrogen-bond donors (Lipinski definition) is 1. The zero-order chi connectivity index (χ0) is 11.6. The largest absolute Gasteiger partial charge is 0.399 e. The fourth-order valence-corrected chi connectivity index (χ4v) is 2.16. The lowest BCUT2D eigenvalue weighted by molar-refractivity contribution is 0.215. The summed E-state index contributed by atoms with van der Waals surface area (Å²) in [5.74, 6) is 0. The van der Waals surface area contributed by atoms with E-state index >= 15 is 0 Å². The maximum atomic E-state index is 11.3. The maximum Gasteiger partial charge on any atom is 0.255 e. The van der Waals surface area contributed by atoms with E-state index in [1.165, 1.54) is 25.1 Å². The van der Waals surface area contributed by atoms with E-state index in [9.17, 15) is 8.42 Å². The van der Waals surface area contributed by atoms with Crippen molar-refractivity contribution in [2.75, 3.05) is 7.11 Å². The number of oxime groups is 1. The van der Waals surface area contributed by atoms with E-state index in [1.807, 2.05) is 0 Å². The van der Waals surface area contributed by atoms with Gasteiger partial charge < -0.3 is 4.84 Å². The molecule has 0 bridgehead atoms. The molecule has 0 saturated carbocycles. The number of aryl methyl sites for hydroxylation is 2. The summed E-state index contributed by atoms with van der Waals surface area (Å²) in [6, 6.07) is 0. The average molecular weight is 232 g/mol. The molecule has 0 aromatic carbocycles. The lowest BCUT2D eigenvalue weighted by Crippen LogP contribution is -2.18. The molecule has 7 nitrogen and oxygen atoms in total. The first-order valence-corrected chi connectivity index (χ1v) is 5.55. The Morgan fingerprint density at radius 1 is 1.60 bits per heavy atom. The zero-order valence-electron chi connectivity index (χ0n) is 8.63. The van der Waals surface area contributed by atoms with Gasteiger partial charge in [-0.25, -0.2) is 13.6 Å². The fourth-order valence-electron chi connectivity index (χ4n) is 1.24. The van der Waals surface area contributed by atoms with E-state index < -0.39 is 10.0 Å². The highest BCUT2D eigenvalue weighted by atomic mass is 32.2. The van der Waals surface area contributed by atoms with Crippen molar-refractivity contribution >= 4 is 16.2 Å². The minimum atomic E-state index is -3.82. The summed E-state index contributed by atoms with van der Waals surface area (Å²) < 4.78 is 23.7. The van der Waals surface area contributed by atoms with Crippen molar-refractivity contribution in [2.24, 2.45) is 17.3 Å². The summed E-state index contributed by atoms with van der Waals surface area (Å²) in [5.41, 5.74) is 0.851. The van der Waals surface area contributed by atoms with Crippen molar-refractivity contribution in [3.05, 3.63) is 11.3 Å². The second-order valence-electron chi connectivity index (χ2n) is 2.89. The minimum absolute atomic E-state index is 0.0826. The molecule has 0 aliphatic rings. The number of primary sulfonamides is 1. The summed E-state index contributed by atoms with van der Waals surface area (Å²) in [7, 11) is -0.963. The molecule has 0 aliphatic carbocycles. The van der Waals surface area contributed by atoms with Crippen molar-refractivity contribution in [1.82, 2.24) is 9.78 Å². The third kappa shape index (κ3) is 2.34. The molecule has 84 valence electrons. The van der Waals surface area contributed by atoms with Crippen LogP contribution >= 0.6 is 0 Å². The first-order valence-electron chi connectivity index (χ1n) is 4.01. The van der Waals surface area contributed by atoms with Gasteiger partial charge in [-0.15, -0.1) is 0 Å². The van der Waals surface area contributed by atoms with E-state index in [4.69, 9.17) is 5.14 Å². The Hall–Kier alpha value is -1.41. The quantitative estimate of drug-likeness (QED) is 0.553. The highest BCUT2D eigenvalue weighted by molar-refractivity contribution is 7.89. The molecular formula is C7H12N4O3S. The third-order valence-corrected chi connectivity index (χ3v) is 2.79. The van der Waals surface area contributed by atoms with Crippen LogP contribution in [0.2, 0.25) is 0 Å². The van der Waals surface area contributed by atoms with E-state index in [1.54, 1.807) is 6.92 Å². The molecule has 0 amide bonds. The normalized spacial score (nSPS) is 12.3. The van der Waals surface area contributed by atoms with Gasteiger partial charge in [0, 0.05) is 7.05 Å². The molecule has 0 fully saturated rings. The Kier molecular flexibility index (Phi) is 3.10. The fraction of sp³-hybridized carbons (Fsp3) is 0.429. The lowest BCUT2D eigenvalue weighted by atomic mass is 10.3. The van der Waals surface area contributed by atoms with Gasteiger partial charge in [-0.2, -0.15) is 5.10 Å². The van der Waals surface area contributed by atoms with Crippen LogP contribution in [0.25, 0.3) is 0 Å². The summed E-state index contributed by atoms with van der Waals surface area (Å²) in [6.07, 6.45) is 1.27. The van der Waals surface area contributed by atoms with Crippen LogP contribution in [0.5, 0.6) is 0 Å². The topological polar surface area (TPSA) is 99.6 Å². The van der Waals surface area contributed by atoms with Crippen molar-refractivity contribution < 1.29 is 13.3 Å². The molecule has 0 spiro atoms. The first-order chi connectivity index (χ1) is 6.88. The zero-order valence-corrected chi connectivity index (χ0v) is 9.45. The van der Waals surface area contributed by atoms with Crippen LogP contribution in [0.3, 0.4) is 0 Å². The predicted octanol–water partition coefficient (Wildman–Crippen LogP) is -0.644. The standard InChI is InChI=1S/C7H12N4O3S/c1-5-6(4-9-14-3)7(11(2)10-5)15(8,12)13/h4H,1-3H3,(H2,8,12,13)/b9-4+. The predicted molar refractivity (Wildman–Crippen MR) is 53.9 cm³/mol. The van der Waals surface area contributed by atoms with E-state index in [-0.39, 0.29) is 5.03 Å². The van der Waals surface area contributed by atoms with E-state index in [0.29, 0.717) is 11.3 Å². The number of aromatic nitrogens is 2. The van der Waals surface area contributed by atoms with Gasteiger partial charge in [0.05, 0.1) is 17.5 Å². The Labute approximate surface area is 87.6 Å². The van der Waals surface area contributed by atoms with Gasteiger partial charge in [-0.1, -0.05) is 5.16 Å². The van der Waals surface area contributed by atoms with Crippen LogP contribution in [-0.2, 0) is 21.9 Å². The lowest BCUT2D eigenvalue weighted by Gasteiger charge is -1.99. The van der Waals surface area contributed by atoms with Crippen LogP contribution in [0.15, 0.2) is 10.2 Å². The molecule has 1 heterocycles. The van der Waals surface area contributed by atoms with Gasteiger partial charge in [0.15, 0.2) is 5.03 Å². The van der Waals surface area contributed by atoms with E-state index in [0.717, 1.165) is 0 Å². The number of nitrogens with zero attached hydrogens (tertiary/aromatic N) is 3. The van der Waals surface area contributed by atoms with Crippen molar-refractivity contribution in [3.63, 3.8) is 0 Å². The molecule has 0 atom stereocenters. The molecule has 8 heteroatoms. The second kappa shape index (κ2) is 3.99. The van der Waals surface area contributed by atoms with Crippen molar-refractivity contribution in [1.29, 1.82) is 0 Å². The Bertz CT molecular complexity index is 489. The van der Waals surface area contributed by atoms with Gasteiger partial charge >= 0.3 is 0 Å².